The van der Waals surface area contributed by atoms with E-state index in [1.807, 2.05) is 0 Å². The van der Waals surface area contributed by atoms with Gasteiger partial charge in [-0.1, -0.05) is 18.2 Å². The Morgan fingerprint density at radius 2 is 1.88 bits per heavy atom. The van der Waals surface area contributed by atoms with Crippen LogP contribution in [0, 0.1) is 0 Å². The summed E-state index contributed by atoms with van der Waals surface area (Å²) in [4.78, 5) is 13.2. The average molecular weight is 337 g/mol. The quantitative estimate of drug-likeness (QED) is 0.715. The number of hydrogen-bond donors (Lipinski definition) is 0. The van der Waals surface area contributed by atoms with Crippen molar-refractivity contribution in [1.82, 2.24) is 19.4 Å². The van der Waals surface area contributed by atoms with Gasteiger partial charge in [0.25, 0.3) is 0 Å². The van der Waals surface area contributed by atoms with Crippen molar-refractivity contribution in [1.29, 1.82) is 0 Å². The van der Waals surface area contributed by atoms with Gasteiger partial charge in [-0.15, -0.1) is 0 Å². The highest BCUT2D eigenvalue weighted by atomic mass is 16.5. The highest BCUT2D eigenvalue weighted by Gasteiger charge is 2.20. The summed E-state index contributed by atoms with van der Waals surface area (Å²) in [5.41, 5.74) is 1.31. The van der Waals surface area contributed by atoms with Crippen molar-refractivity contribution < 1.29 is 4.74 Å². The van der Waals surface area contributed by atoms with E-state index in [0.717, 1.165) is 50.8 Å². The normalized spacial score (nSPS) is 15.6. The van der Waals surface area contributed by atoms with Crippen LogP contribution in [0.3, 0.4) is 0 Å². The highest BCUT2D eigenvalue weighted by Crippen LogP contribution is 2.24. The lowest BCUT2D eigenvalue weighted by molar-refractivity contribution is 0.248. The molecule has 1 aliphatic rings. The van der Waals surface area contributed by atoms with Gasteiger partial charge in [-0.05, 0) is 17.5 Å². The maximum Gasteiger partial charge on any atom is 0.179 e. The molecule has 1 aromatic carbocycles. The lowest BCUT2D eigenvalue weighted by atomic mass is 10.2. The second kappa shape index (κ2) is 7.11. The molecule has 0 radical (unpaired) electrons. The molecule has 3 heterocycles. The number of benzene rings is 1. The topological polar surface area (TPSA) is 46.4 Å². The van der Waals surface area contributed by atoms with Crippen LogP contribution in [0.2, 0.25) is 0 Å². The maximum atomic E-state index is 5.38. The summed E-state index contributed by atoms with van der Waals surface area (Å²) in [5.74, 6) is 1.64. The summed E-state index contributed by atoms with van der Waals surface area (Å²) < 4.78 is 7.72. The first-order valence-electron chi connectivity index (χ1n) is 8.70. The van der Waals surface area contributed by atoms with Gasteiger partial charge in [-0.2, -0.15) is 0 Å². The van der Waals surface area contributed by atoms with Crippen LogP contribution in [0.1, 0.15) is 0 Å². The van der Waals surface area contributed by atoms with Crippen molar-refractivity contribution in [3.63, 3.8) is 0 Å². The van der Waals surface area contributed by atoms with Gasteiger partial charge in [0.05, 0.1) is 13.3 Å². The molecule has 4 rings (SSSR count). The monoisotopic (exact) mass is 337 g/mol. The third kappa shape index (κ3) is 3.30. The van der Waals surface area contributed by atoms with Crippen LogP contribution in [-0.4, -0.2) is 59.3 Å². The number of ether oxygens (including phenoxy) is 1. The summed E-state index contributed by atoms with van der Waals surface area (Å²) >= 11 is 0. The zero-order chi connectivity index (χ0) is 17.1. The molecule has 0 atom stereocenters. The zero-order valence-electron chi connectivity index (χ0n) is 14.5. The van der Waals surface area contributed by atoms with Gasteiger partial charge in [0.1, 0.15) is 6.33 Å². The van der Waals surface area contributed by atoms with Crippen molar-refractivity contribution >= 4 is 16.7 Å². The fourth-order valence-corrected chi connectivity index (χ4v) is 3.46. The predicted octanol–water partition coefficient (Wildman–Crippen LogP) is 2.26. The number of anilines is 1. The van der Waals surface area contributed by atoms with Gasteiger partial charge in [0.2, 0.25) is 0 Å². The summed E-state index contributed by atoms with van der Waals surface area (Å²) in [6, 6.07) is 10.7. The minimum Gasteiger partial charge on any atom is -0.491 e. The van der Waals surface area contributed by atoms with Gasteiger partial charge in [-0.3, -0.25) is 4.90 Å². The summed E-state index contributed by atoms with van der Waals surface area (Å²) in [5, 5.41) is 1.31. The number of fused-ring (bicyclic) bond motifs is 1. The van der Waals surface area contributed by atoms with E-state index in [-0.39, 0.29) is 0 Å². The van der Waals surface area contributed by atoms with E-state index in [1.165, 1.54) is 10.9 Å². The molecule has 1 saturated heterocycles. The second-order valence-electron chi connectivity index (χ2n) is 6.31. The number of nitrogens with zero attached hydrogens (tertiary/aromatic N) is 5. The molecule has 0 unspecified atom stereocenters. The van der Waals surface area contributed by atoms with Crippen LogP contribution in [-0.2, 0) is 6.54 Å². The smallest absolute Gasteiger partial charge is 0.179 e. The van der Waals surface area contributed by atoms with Gasteiger partial charge in [0.15, 0.2) is 11.6 Å². The molecule has 3 aromatic rings. The van der Waals surface area contributed by atoms with Crippen LogP contribution in [0.25, 0.3) is 10.9 Å². The van der Waals surface area contributed by atoms with Crippen molar-refractivity contribution in [3.05, 3.63) is 49.1 Å². The van der Waals surface area contributed by atoms with Crippen LogP contribution >= 0.6 is 0 Å². The second-order valence-corrected chi connectivity index (χ2v) is 6.31. The Balaban J connectivity index is 1.35. The molecule has 6 nitrogen and oxygen atoms in total. The minimum atomic E-state index is 0.745. The first-order valence-corrected chi connectivity index (χ1v) is 8.70. The van der Waals surface area contributed by atoms with Crippen molar-refractivity contribution in [2.75, 3.05) is 44.7 Å². The fraction of sp³-hybridized carbons (Fsp3) is 0.368. The van der Waals surface area contributed by atoms with Crippen molar-refractivity contribution in [2.24, 2.45) is 0 Å². The molecule has 0 aliphatic carbocycles. The van der Waals surface area contributed by atoms with Crippen molar-refractivity contribution in [2.45, 2.75) is 6.54 Å². The van der Waals surface area contributed by atoms with Gasteiger partial charge in [-0.25, -0.2) is 9.97 Å². The molecule has 2 aromatic heterocycles. The molecule has 6 heteroatoms. The van der Waals surface area contributed by atoms with E-state index in [1.54, 1.807) is 19.6 Å². The number of piperazine rings is 1. The number of rotatable bonds is 5. The Morgan fingerprint density at radius 1 is 1.04 bits per heavy atom. The van der Waals surface area contributed by atoms with E-state index in [0.29, 0.717) is 0 Å². The molecule has 130 valence electrons. The molecular formula is C19H23N5O. The largest absolute Gasteiger partial charge is 0.491 e. The first kappa shape index (κ1) is 15.9. The third-order valence-electron chi connectivity index (χ3n) is 4.89. The van der Waals surface area contributed by atoms with Crippen LogP contribution < -0.4 is 9.64 Å². The van der Waals surface area contributed by atoms with Gasteiger partial charge in [0, 0.05) is 51.0 Å². The Bertz CT molecular complexity index is 838. The van der Waals surface area contributed by atoms with E-state index in [2.05, 4.69) is 60.9 Å². The summed E-state index contributed by atoms with van der Waals surface area (Å²) in [7, 11) is 1.67. The van der Waals surface area contributed by atoms with Gasteiger partial charge < -0.3 is 14.2 Å². The third-order valence-corrected chi connectivity index (χ3v) is 4.89. The molecule has 0 amide bonds. The predicted molar refractivity (Wildman–Crippen MR) is 99.2 cm³/mol. The number of methoxy groups -OCH3 is 1. The lowest BCUT2D eigenvalue weighted by Crippen LogP contribution is -2.47. The lowest BCUT2D eigenvalue weighted by Gasteiger charge is -2.35. The Hall–Kier alpha value is -2.60. The Morgan fingerprint density at radius 3 is 2.72 bits per heavy atom. The first-order chi connectivity index (χ1) is 12.3. The highest BCUT2D eigenvalue weighted by molar-refractivity contribution is 5.79. The van der Waals surface area contributed by atoms with Gasteiger partial charge >= 0.3 is 0 Å². The molecule has 0 spiro atoms. The minimum absolute atomic E-state index is 0.745. The molecule has 0 N–H and O–H groups in total. The SMILES string of the molecule is COc1cncnc1N1CCN(CCn2ccc3ccccc32)CC1. The number of hydrogen-bond acceptors (Lipinski definition) is 5. The van der Waals surface area contributed by atoms with E-state index in [4.69, 9.17) is 4.74 Å². The standard InChI is InChI=1S/C19H23N5O/c1-25-18-14-20-15-21-19(18)24-12-9-22(10-13-24)8-11-23-7-6-16-4-2-3-5-17(16)23/h2-7,14-15H,8-13H2,1H3. The van der Waals surface area contributed by atoms with E-state index >= 15 is 0 Å². The molecule has 0 saturated carbocycles. The van der Waals surface area contributed by atoms with E-state index in [9.17, 15) is 0 Å². The molecule has 1 fully saturated rings. The molecule has 25 heavy (non-hydrogen) atoms. The van der Waals surface area contributed by atoms with E-state index < -0.39 is 0 Å². The summed E-state index contributed by atoms with van der Waals surface area (Å²) in [6.45, 7) is 6.07. The van der Waals surface area contributed by atoms with Crippen LogP contribution in [0.4, 0.5) is 5.82 Å². The number of para-hydroxylation sites is 1. The van der Waals surface area contributed by atoms with Crippen LogP contribution in [0.5, 0.6) is 5.75 Å². The number of aromatic nitrogens is 3. The molecular weight excluding hydrogens is 314 g/mol. The summed E-state index contributed by atoms with van der Waals surface area (Å²) in [6.07, 6.45) is 5.50. The maximum absolute atomic E-state index is 5.38. The zero-order valence-corrected chi connectivity index (χ0v) is 14.5. The molecule has 1 aliphatic heterocycles. The molecule has 0 bridgehead atoms. The Labute approximate surface area is 147 Å². The van der Waals surface area contributed by atoms with Crippen molar-refractivity contribution in [3.8, 4) is 5.75 Å². The fourth-order valence-electron chi connectivity index (χ4n) is 3.46. The Kier molecular flexibility index (Phi) is 4.52. The van der Waals surface area contributed by atoms with Crippen LogP contribution in [0.15, 0.2) is 49.1 Å². The average Bonchev–Trinajstić information content (AvgIpc) is 3.10.